The van der Waals surface area contributed by atoms with Crippen LogP contribution in [0.25, 0.3) is 32.9 Å². The van der Waals surface area contributed by atoms with Gasteiger partial charge in [-0.15, -0.1) is 0 Å². The summed E-state index contributed by atoms with van der Waals surface area (Å²) in [4.78, 5) is 5.09. The summed E-state index contributed by atoms with van der Waals surface area (Å²) in [6.07, 6.45) is 3.40. The van der Waals surface area contributed by atoms with Gasteiger partial charge in [-0.2, -0.15) is 0 Å². The van der Waals surface area contributed by atoms with Crippen molar-refractivity contribution < 1.29 is 5.11 Å². The van der Waals surface area contributed by atoms with Crippen molar-refractivity contribution in [1.82, 2.24) is 4.98 Å². The van der Waals surface area contributed by atoms with E-state index in [0.717, 1.165) is 29.6 Å². The van der Waals surface area contributed by atoms with Crippen LogP contribution in [0, 0.1) is 5.92 Å². The molecule has 0 fully saturated rings. The fraction of sp³-hybridized carbons (Fsp3) is 0.208. The highest BCUT2D eigenvalue weighted by Crippen LogP contribution is 2.39. The summed E-state index contributed by atoms with van der Waals surface area (Å²) >= 11 is 0. The number of phenols is 1. The zero-order chi connectivity index (χ0) is 17.7. The van der Waals surface area contributed by atoms with Gasteiger partial charge in [0, 0.05) is 10.9 Å². The molecule has 0 saturated heterocycles. The number of aromatic hydroxyl groups is 1. The molecule has 2 nitrogen and oxygen atoms in total. The Morgan fingerprint density at radius 3 is 2.58 bits per heavy atom. The molecule has 0 spiro atoms. The predicted molar refractivity (Wildman–Crippen MR) is 108 cm³/mol. The number of hydrogen-bond acceptors (Lipinski definition) is 2. The Hall–Kier alpha value is -2.87. The van der Waals surface area contributed by atoms with E-state index >= 15 is 0 Å². The topological polar surface area (TPSA) is 33.1 Å². The van der Waals surface area contributed by atoms with Gasteiger partial charge in [-0.1, -0.05) is 37.3 Å². The molecule has 1 unspecified atom stereocenters. The van der Waals surface area contributed by atoms with Crippen LogP contribution in [-0.4, -0.2) is 10.1 Å². The lowest BCUT2D eigenvalue weighted by Crippen LogP contribution is -2.14. The van der Waals surface area contributed by atoms with Gasteiger partial charge in [0.2, 0.25) is 0 Å². The summed E-state index contributed by atoms with van der Waals surface area (Å²) in [6, 6.07) is 20.4. The van der Waals surface area contributed by atoms with Gasteiger partial charge in [0.1, 0.15) is 5.75 Å². The van der Waals surface area contributed by atoms with Crippen LogP contribution < -0.4 is 0 Å². The summed E-state index contributed by atoms with van der Waals surface area (Å²) in [6.45, 7) is 2.33. The van der Waals surface area contributed by atoms with Gasteiger partial charge in [-0.3, -0.25) is 0 Å². The molecule has 1 N–H and O–H groups in total. The van der Waals surface area contributed by atoms with Crippen LogP contribution in [0.5, 0.6) is 5.75 Å². The van der Waals surface area contributed by atoms with Crippen LogP contribution >= 0.6 is 0 Å². The molecule has 1 heterocycles. The second kappa shape index (κ2) is 5.84. The first kappa shape index (κ1) is 15.4. The van der Waals surface area contributed by atoms with Crippen molar-refractivity contribution >= 4 is 21.7 Å². The zero-order valence-corrected chi connectivity index (χ0v) is 14.9. The summed E-state index contributed by atoms with van der Waals surface area (Å²) < 4.78 is 0. The average molecular weight is 339 g/mol. The second-order valence-electron chi connectivity index (χ2n) is 7.49. The molecule has 5 rings (SSSR count). The molecule has 1 aromatic heterocycles. The van der Waals surface area contributed by atoms with Crippen molar-refractivity contribution in [3.05, 3.63) is 71.8 Å². The molecule has 0 aliphatic heterocycles. The molecule has 0 saturated carbocycles. The molecule has 0 radical (unpaired) electrons. The van der Waals surface area contributed by atoms with Crippen molar-refractivity contribution in [2.45, 2.75) is 26.2 Å². The molecule has 4 aromatic rings. The maximum Gasteiger partial charge on any atom is 0.115 e. The number of nitrogens with zero attached hydrogens (tertiary/aromatic N) is 1. The van der Waals surface area contributed by atoms with Gasteiger partial charge in [-0.05, 0) is 77.4 Å². The lowest BCUT2D eigenvalue weighted by atomic mass is 9.80. The highest BCUT2D eigenvalue weighted by atomic mass is 16.3. The van der Waals surface area contributed by atoms with Gasteiger partial charge in [0.05, 0.1) is 11.2 Å². The van der Waals surface area contributed by atoms with Crippen molar-refractivity contribution in [3.8, 4) is 17.0 Å². The Labute approximate surface area is 153 Å². The number of phenolic OH excluding ortho intramolecular Hbond substituents is 1. The number of benzene rings is 3. The fourth-order valence-corrected chi connectivity index (χ4v) is 4.35. The van der Waals surface area contributed by atoms with Crippen LogP contribution in [0.15, 0.2) is 60.7 Å². The van der Waals surface area contributed by atoms with Crippen LogP contribution in [-0.2, 0) is 12.8 Å². The van der Waals surface area contributed by atoms with E-state index in [2.05, 4.69) is 43.3 Å². The molecular weight excluding hydrogens is 318 g/mol. The van der Waals surface area contributed by atoms with Crippen LogP contribution in [0.2, 0.25) is 0 Å². The third-order valence-electron chi connectivity index (χ3n) is 5.67. The number of aryl methyl sites for hydroxylation is 1. The van der Waals surface area contributed by atoms with Crippen molar-refractivity contribution in [2.75, 3.05) is 0 Å². The Bertz CT molecular complexity index is 1130. The summed E-state index contributed by atoms with van der Waals surface area (Å²) in [5.41, 5.74) is 6.09. The van der Waals surface area contributed by atoms with Gasteiger partial charge in [0.15, 0.2) is 0 Å². The fourth-order valence-electron chi connectivity index (χ4n) is 4.35. The largest absolute Gasteiger partial charge is 0.508 e. The van der Waals surface area contributed by atoms with Gasteiger partial charge in [0.25, 0.3) is 0 Å². The minimum Gasteiger partial charge on any atom is -0.508 e. The molecule has 3 aromatic carbocycles. The average Bonchev–Trinajstić information content (AvgIpc) is 2.67. The van der Waals surface area contributed by atoms with E-state index in [0.29, 0.717) is 11.7 Å². The second-order valence-corrected chi connectivity index (χ2v) is 7.49. The minimum absolute atomic E-state index is 0.294. The van der Waals surface area contributed by atoms with Crippen molar-refractivity contribution in [1.29, 1.82) is 0 Å². The molecular formula is C24H21NO. The first-order chi connectivity index (χ1) is 12.7. The third-order valence-corrected chi connectivity index (χ3v) is 5.67. The Balaban J connectivity index is 1.88. The molecule has 26 heavy (non-hydrogen) atoms. The SMILES string of the molecule is CC1CCc2c(c(-c3ccc(O)cc3)nc3ccc4ccccc4c23)C1. The highest BCUT2D eigenvalue weighted by Gasteiger charge is 2.23. The van der Waals surface area contributed by atoms with E-state index in [1.54, 1.807) is 12.1 Å². The van der Waals surface area contributed by atoms with E-state index in [-0.39, 0.29) is 0 Å². The lowest BCUT2D eigenvalue weighted by molar-refractivity contribution is 0.475. The number of hydrogen-bond donors (Lipinski definition) is 1. The Morgan fingerprint density at radius 2 is 1.73 bits per heavy atom. The van der Waals surface area contributed by atoms with Crippen LogP contribution in [0.3, 0.4) is 0 Å². The predicted octanol–water partition coefficient (Wildman–Crippen LogP) is 5.89. The number of aromatic nitrogens is 1. The lowest BCUT2D eigenvalue weighted by Gasteiger charge is -2.26. The van der Waals surface area contributed by atoms with E-state index in [4.69, 9.17) is 4.98 Å². The number of rotatable bonds is 1. The van der Waals surface area contributed by atoms with Gasteiger partial charge in [-0.25, -0.2) is 4.98 Å². The number of fused-ring (bicyclic) bond motifs is 5. The standard InChI is InChI=1S/C24H21NO/c1-15-6-12-20-21(14-15)24(17-7-10-18(26)11-8-17)25-22-13-9-16-4-2-3-5-19(16)23(20)22/h2-5,7-11,13,15,26H,6,12,14H2,1H3. The summed E-state index contributed by atoms with van der Waals surface area (Å²) in [5, 5.41) is 13.6. The zero-order valence-electron chi connectivity index (χ0n) is 14.9. The Morgan fingerprint density at radius 1 is 0.923 bits per heavy atom. The normalized spacial score (nSPS) is 16.7. The Kier molecular flexibility index (Phi) is 3.46. The molecule has 1 atom stereocenters. The van der Waals surface area contributed by atoms with Crippen LogP contribution in [0.4, 0.5) is 0 Å². The summed E-state index contributed by atoms with van der Waals surface area (Å²) in [7, 11) is 0. The third kappa shape index (κ3) is 2.37. The van der Waals surface area contributed by atoms with Crippen molar-refractivity contribution in [2.24, 2.45) is 5.92 Å². The molecule has 2 heteroatoms. The quantitative estimate of drug-likeness (QED) is 0.439. The van der Waals surface area contributed by atoms with Gasteiger partial charge >= 0.3 is 0 Å². The van der Waals surface area contributed by atoms with Crippen molar-refractivity contribution in [3.63, 3.8) is 0 Å². The van der Waals surface area contributed by atoms with E-state index < -0.39 is 0 Å². The molecule has 1 aliphatic carbocycles. The smallest absolute Gasteiger partial charge is 0.115 e. The van der Waals surface area contributed by atoms with E-state index in [1.165, 1.54) is 33.7 Å². The maximum atomic E-state index is 9.65. The molecule has 1 aliphatic rings. The van der Waals surface area contributed by atoms with Crippen LogP contribution in [0.1, 0.15) is 24.5 Å². The molecule has 128 valence electrons. The summed E-state index contributed by atoms with van der Waals surface area (Å²) in [5.74, 6) is 0.968. The highest BCUT2D eigenvalue weighted by molar-refractivity contribution is 6.09. The first-order valence-electron chi connectivity index (χ1n) is 9.33. The van der Waals surface area contributed by atoms with E-state index in [9.17, 15) is 5.11 Å². The van der Waals surface area contributed by atoms with E-state index in [1.807, 2.05) is 12.1 Å². The molecule has 0 bridgehead atoms. The monoisotopic (exact) mass is 339 g/mol. The molecule has 0 amide bonds. The minimum atomic E-state index is 0.294. The van der Waals surface area contributed by atoms with Gasteiger partial charge < -0.3 is 5.11 Å². The number of pyridine rings is 1. The maximum absolute atomic E-state index is 9.65. The first-order valence-corrected chi connectivity index (χ1v) is 9.33.